The second-order valence-corrected chi connectivity index (χ2v) is 7.79. The molecule has 0 saturated carbocycles. The van der Waals surface area contributed by atoms with Crippen LogP contribution in [0, 0.1) is 5.92 Å². The summed E-state index contributed by atoms with van der Waals surface area (Å²) in [5, 5.41) is 3.41. The van der Waals surface area contributed by atoms with Crippen molar-refractivity contribution < 1.29 is 14.3 Å². The number of anilines is 1. The molecule has 0 aliphatic heterocycles. The predicted molar refractivity (Wildman–Crippen MR) is 109 cm³/mol. The summed E-state index contributed by atoms with van der Waals surface area (Å²) in [6, 6.07) is 7.40. The van der Waals surface area contributed by atoms with E-state index in [0.29, 0.717) is 16.5 Å². The van der Waals surface area contributed by atoms with Gasteiger partial charge in [0.15, 0.2) is 0 Å². The maximum absolute atomic E-state index is 12.3. The molecule has 0 radical (unpaired) electrons. The molecule has 3 rings (SSSR count). The van der Waals surface area contributed by atoms with E-state index in [-0.39, 0.29) is 5.91 Å². The van der Waals surface area contributed by atoms with Gasteiger partial charge in [0.2, 0.25) is 5.91 Å². The van der Waals surface area contributed by atoms with Gasteiger partial charge in [-0.3, -0.25) is 9.59 Å². The first-order valence-corrected chi connectivity index (χ1v) is 9.91. The Labute approximate surface area is 163 Å². The molecule has 1 aliphatic carbocycles. The number of hydrogen-bond acceptors (Lipinski definition) is 4. The lowest BCUT2D eigenvalue weighted by Crippen LogP contribution is -2.19. The Morgan fingerprint density at radius 3 is 2.70 bits per heavy atom. The van der Waals surface area contributed by atoms with Gasteiger partial charge in [0.05, 0.1) is 12.7 Å². The van der Waals surface area contributed by atoms with Crippen LogP contribution in [0.2, 0.25) is 0 Å². The first-order chi connectivity index (χ1) is 13.0. The molecule has 1 heterocycles. The van der Waals surface area contributed by atoms with Crippen LogP contribution in [0.1, 0.15) is 46.1 Å². The van der Waals surface area contributed by atoms with Crippen LogP contribution in [0.15, 0.2) is 30.3 Å². The molecule has 5 nitrogen and oxygen atoms in total. The van der Waals surface area contributed by atoms with E-state index in [4.69, 9.17) is 10.5 Å². The molecule has 0 unspecified atom stereocenters. The average molecular weight is 385 g/mol. The van der Waals surface area contributed by atoms with E-state index in [1.54, 1.807) is 13.2 Å². The molecular formula is C21H24N2O3S. The lowest BCUT2D eigenvalue weighted by atomic mass is 9.85. The monoisotopic (exact) mass is 384 g/mol. The summed E-state index contributed by atoms with van der Waals surface area (Å²) in [6.07, 6.45) is 7.16. The highest BCUT2D eigenvalue weighted by molar-refractivity contribution is 7.17. The summed E-state index contributed by atoms with van der Waals surface area (Å²) < 4.78 is 5.12. The second kappa shape index (κ2) is 8.39. The van der Waals surface area contributed by atoms with Gasteiger partial charge in [-0.25, -0.2) is 0 Å². The number of nitrogens with two attached hydrogens (primary N) is 1. The number of rotatable bonds is 6. The van der Waals surface area contributed by atoms with Crippen LogP contribution in [0.4, 0.5) is 5.00 Å². The van der Waals surface area contributed by atoms with Crippen molar-refractivity contribution in [2.24, 2.45) is 11.7 Å². The molecule has 1 atom stereocenters. The average Bonchev–Trinajstić information content (AvgIpc) is 3.03. The van der Waals surface area contributed by atoms with Crippen LogP contribution in [0.5, 0.6) is 5.75 Å². The molecule has 0 saturated heterocycles. The maximum atomic E-state index is 12.3. The molecule has 3 N–H and O–H groups in total. The molecule has 2 aromatic rings. The van der Waals surface area contributed by atoms with Gasteiger partial charge in [0.25, 0.3) is 5.91 Å². The number of carbonyl (C=O) groups is 2. The smallest absolute Gasteiger partial charge is 0.251 e. The minimum atomic E-state index is -0.475. The third-order valence-electron chi connectivity index (χ3n) is 4.97. The van der Waals surface area contributed by atoms with Gasteiger partial charge < -0.3 is 15.8 Å². The van der Waals surface area contributed by atoms with Crippen molar-refractivity contribution in [3.63, 3.8) is 0 Å². The molecule has 142 valence electrons. The molecule has 1 aromatic carbocycles. The zero-order chi connectivity index (χ0) is 19.4. The van der Waals surface area contributed by atoms with Crippen molar-refractivity contribution in [2.75, 3.05) is 12.4 Å². The van der Waals surface area contributed by atoms with E-state index in [2.05, 4.69) is 12.2 Å². The van der Waals surface area contributed by atoms with Crippen molar-refractivity contribution in [1.82, 2.24) is 0 Å². The van der Waals surface area contributed by atoms with Gasteiger partial charge in [0.1, 0.15) is 10.8 Å². The quantitative estimate of drug-likeness (QED) is 0.738. The number of benzene rings is 1. The van der Waals surface area contributed by atoms with Crippen molar-refractivity contribution in [2.45, 2.75) is 32.6 Å². The Morgan fingerprint density at radius 1 is 1.33 bits per heavy atom. The number of fused-ring (bicyclic) bond motifs is 1. The third kappa shape index (κ3) is 4.39. The summed E-state index contributed by atoms with van der Waals surface area (Å²) in [5.41, 5.74) is 7.99. The predicted octanol–water partition coefficient (Wildman–Crippen LogP) is 4.02. The Bertz CT molecular complexity index is 868. The molecule has 2 amide bonds. The maximum Gasteiger partial charge on any atom is 0.251 e. The number of ether oxygens (including phenoxy) is 1. The molecule has 6 heteroatoms. The second-order valence-electron chi connectivity index (χ2n) is 6.68. The van der Waals surface area contributed by atoms with E-state index < -0.39 is 5.91 Å². The molecule has 1 aromatic heterocycles. The summed E-state index contributed by atoms with van der Waals surface area (Å²) in [4.78, 5) is 25.5. The Morgan fingerprint density at radius 2 is 2.07 bits per heavy atom. The molecule has 0 fully saturated rings. The van der Waals surface area contributed by atoms with Gasteiger partial charge in [-0.2, -0.15) is 0 Å². The highest BCUT2D eigenvalue weighted by Gasteiger charge is 2.27. The summed E-state index contributed by atoms with van der Waals surface area (Å²) in [5.74, 6) is 0.642. The van der Waals surface area contributed by atoms with E-state index in [0.717, 1.165) is 42.6 Å². The third-order valence-corrected chi connectivity index (χ3v) is 6.14. The Balaban J connectivity index is 1.76. The van der Waals surface area contributed by atoms with Gasteiger partial charge in [-0.15, -0.1) is 11.3 Å². The number of amides is 2. The number of thiophene rings is 1. The largest absolute Gasteiger partial charge is 0.497 e. The van der Waals surface area contributed by atoms with Crippen LogP contribution in [-0.2, 0) is 17.6 Å². The first kappa shape index (κ1) is 19.2. The number of methoxy groups -OCH3 is 1. The summed E-state index contributed by atoms with van der Waals surface area (Å²) >= 11 is 1.48. The van der Waals surface area contributed by atoms with Crippen LogP contribution in [-0.4, -0.2) is 18.9 Å². The highest BCUT2D eigenvalue weighted by Crippen LogP contribution is 2.40. The van der Waals surface area contributed by atoms with Gasteiger partial charge in [-0.1, -0.05) is 25.5 Å². The van der Waals surface area contributed by atoms with Crippen LogP contribution >= 0.6 is 11.3 Å². The zero-order valence-corrected chi connectivity index (χ0v) is 16.4. The number of hydrogen-bond donors (Lipinski definition) is 2. The lowest BCUT2D eigenvalue weighted by molar-refractivity contribution is -0.111. The Hall–Kier alpha value is -2.60. The lowest BCUT2D eigenvalue weighted by Gasteiger charge is -2.20. The van der Waals surface area contributed by atoms with E-state index in [9.17, 15) is 9.59 Å². The van der Waals surface area contributed by atoms with Crippen LogP contribution < -0.4 is 15.8 Å². The first-order valence-electron chi connectivity index (χ1n) is 9.09. The van der Waals surface area contributed by atoms with Crippen molar-refractivity contribution >= 4 is 34.2 Å². The number of carbonyl (C=O) groups excluding carboxylic acids is 2. The summed E-state index contributed by atoms with van der Waals surface area (Å²) in [7, 11) is 1.61. The number of nitrogens with one attached hydrogen (secondary N) is 1. The fraction of sp³-hybridized carbons (Fsp3) is 0.333. The van der Waals surface area contributed by atoms with E-state index in [1.807, 2.05) is 24.3 Å². The normalized spacial score (nSPS) is 16.1. The minimum Gasteiger partial charge on any atom is -0.497 e. The molecule has 0 bridgehead atoms. The van der Waals surface area contributed by atoms with Gasteiger partial charge >= 0.3 is 0 Å². The molecule has 1 aliphatic rings. The Kier molecular flexibility index (Phi) is 5.96. The summed E-state index contributed by atoms with van der Waals surface area (Å²) in [6.45, 7) is 2.19. The number of primary amides is 1. The molecule has 27 heavy (non-hydrogen) atoms. The SMILES string of the molecule is CC[C@H]1CCc2c(sc(NC(=O)/C=C\c3ccc(OC)cc3)c2C(N)=O)C1. The highest BCUT2D eigenvalue weighted by atomic mass is 32.1. The topological polar surface area (TPSA) is 81.4 Å². The molecule has 0 spiro atoms. The molecular weight excluding hydrogens is 360 g/mol. The fourth-order valence-electron chi connectivity index (χ4n) is 3.39. The van der Waals surface area contributed by atoms with Gasteiger partial charge in [-0.05, 0) is 54.5 Å². The zero-order valence-electron chi connectivity index (χ0n) is 15.6. The van der Waals surface area contributed by atoms with Gasteiger partial charge in [0, 0.05) is 11.0 Å². The van der Waals surface area contributed by atoms with Crippen molar-refractivity contribution in [1.29, 1.82) is 0 Å². The van der Waals surface area contributed by atoms with Crippen LogP contribution in [0.25, 0.3) is 6.08 Å². The fourth-order valence-corrected chi connectivity index (χ4v) is 4.76. The van der Waals surface area contributed by atoms with Crippen molar-refractivity contribution in [3.8, 4) is 5.75 Å². The van der Waals surface area contributed by atoms with E-state index >= 15 is 0 Å². The standard InChI is InChI=1S/C21H24N2O3S/c1-3-13-6-10-16-17(12-13)27-21(19(16)20(22)25)23-18(24)11-7-14-4-8-15(26-2)9-5-14/h4-5,7-9,11,13H,3,6,10,12H2,1-2H3,(H2,22,25)(H,23,24)/b11-7-/t13-/m0/s1. The van der Waals surface area contributed by atoms with Crippen LogP contribution in [0.3, 0.4) is 0 Å². The minimum absolute atomic E-state index is 0.279. The van der Waals surface area contributed by atoms with Crippen molar-refractivity contribution in [3.05, 3.63) is 51.9 Å². The van der Waals surface area contributed by atoms with E-state index in [1.165, 1.54) is 22.3 Å².